The summed E-state index contributed by atoms with van der Waals surface area (Å²) < 4.78 is 12.0. The number of rotatable bonds is 4. The lowest BCUT2D eigenvalue weighted by molar-refractivity contribution is 0.196. The molecule has 4 nitrogen and oxygen atoms in total. The first kappa shape index (κ1) is 10.4. The van der Waals surface area contributed by atoms with Crippen LogP contribution >= 0.6 is 0 Å². The normalized spacial score (nSPS) is 9.88. The highest BCUT2D eigenvalue weighted by Gasteiger charge is 2.11. The third-order valence-electron chi connectivity index (χ3n) is 2.16. The Morgan fingerprint density at radius 1 is 0.875 bits per heavy atom. The highest BCUT2D eigenvalue weighted by molar-refractivity contribution is 5.50. The fraction of sp³-hybridized carbons (Fsp3) is 0.167. The molecule has 1 heterocycles. The van der Waals surface area contributed by atoms with Crippen molar-refractivity contribution in [2.45, 2.75) is 0 Å². The molecule has 0 amide bonds. The van der Waals surface area contributed by atoms with Gasteiger partial charge in [-0.2, -0.15) is 4.73 Å². The molecular formula is C12H13NO3. The topological polar surface area (TPSA) is 32.6 Å². The number of hydrogen-bond donors (Lipinski definition) is 0. The average Bonchev–Trinajstić information content (AvgIpc) is 2.82. The molecule has 0 N–H and O–H groups in total. The maximum Gasteiger partial charge on any atom is 0.239 e. The van der Waals surface area contributed by atoms with Crippen LogP contribution in [0.3, 0.4) is 0 Å². The fourth-order valence-electron chi connectivity index (χ4n) is 1.39. The van der Waals surface area contributed by atoms with Gasteiger partial charge in [0, 0.05) is 12.4 Å². The summed E-state index contributed by atoms with van der Waals surface area (Å²) in [6.07, 6.45) is 3.60. The molecule has 0 spiro atoms. The summed E-state index contributed by atoms with van der Waals surface area (Å²) >= 11 is 0. The van der Waals surface area contributed by atoms with Gasteiger partial charge in [0.25, 0.3) is 0 Å². The molecule has 0 saturated heterocycles. The van der Waals surface area contributed by atoms with E-state index in [2.05, 4.69) is 0 Å². The van der Waals surface area contributed by atoms with Crippen LogP contribution in [0.15, 0.2) is 42.7 Å². The van der Waals surface area contributed by atoms with Crippen LogP contribution in [0.4, 0.5) is 0 Å². The molecule has 0 unspecified atom stereocenters. The van der Waals surface area contributed by atoms with Crippen molar-refractivity contribution in [3.05, 3.63) is 42.7 Å². The third kappa shape index (κ3) is 1.95. The number of aromatic nitrogens is 1. The molecule has 0 aliphatic rings. The van der Waals surface area contributed by atoms with Gasteiger partial charge < -0.3 is 14.3 Å². The first-order valence-electron chi connectivity index (χ1n) is 4.87. The van der Waals surface area contributed by atoms with Crippen molar-refractivity contribution in [3.8, 4) is 17.2 Å². The van der Waals surface area contributed by atoms with E-state index in [1.807, 2.05) is 30.3 Å². The molecule has 4 heteroatoms. The molecule has 84 valence electrons. The summed E-state index contributed by atoms with van der Waals surface area (Å²) in [6.45, 7) is 0. The fourth-order valence-corrected chi connectivity index (χ4v) is 1.39. The first-order valence-corrected chi connectivity index (χ1v) is 4.87. The predicted molar refractivity (Wildman–Crippen MR) is 60.0 cm³/mol. The van der Waals surface area contributed by atoms with E-state index in [4.69, 9.17) is 14.3 Å². The van der Waals surface area contributed by atoms with Crippen molar-refractivity contribution in [3.63, 3.8) is 0 Å². The van der Waals surface area contributed by atoms with Crippen LogP contribution in [0.25, 0.3) is 0 Å². The minimum Gasteiger partial charge on any atom is -0.493 e. The van der Waals surface area contributed by atoms with E-state index in [1.165, 1.54) is 0 Å². The molecule has 0 atom stereocenters. The van der Waals surface area contributed by atoms with Gasteiger partial charge in [-0.1, -0.05) is 6.07 Å². The molecule has 0 aliphatic carbocycles. The molecule has 0 saturated carbocycles. The molecule has 16 heavy (non-hydrogen) atoms. The molecule has 0 bridgehead atoms. The zero-order valence-corrected chi connectivity index (χ0v) is 9.21. The van der Waals surface area contributed by atoms with Crippen LogP contribution < -0.4 is 14.3 Å². The highest BCUT2D eigenvalue weighted by atomic mass is 16.7. The van der Waals surface area contributed by atoms with E-state index in [0.717, 1.165) is 0 Å². The zero-order chi connectivity index (χ0) is 11.4. The van der Waals surface area contributed by atoms with E-state index in [0.29, 0.717) is 17.2 Å². The number of hydrogen-bond acceptors (Lipinski definition) is 3. The summed E-state index contributed by atoms with van der Waals surface area (Å²) in [6, 6.07) is 9.24. The van der Waals surface area contributed by atoms with Gasteiger partial charge in [-0.05, 0) is 24.3 Å². The summed E-state index contributed by atoms with van der Waals surface area (Å²) in [5, 5.41) is 0. The Hall–Kier alpha value is -2.10. The van der Waals surface area contributed by atoms with Gasteiger partial charge in [0.2, 0.25) is 5.75 Å². The zero-order valence-electron chi connectivity index (χ0n) is 9.21. The monoisotopic (exact) mass is 219 g/mol. The lowest BCUT2D eigenvalue weighted by Crippen LogP contribution is -2.04. The number of ether oxygens (including phenoxy) is 2. The SMILES string of the molecule is COc1cccc(OC)c1On1cccc1. The van der Waals surface area contributed by atoms with Crippen LogP contribution in [-0.4, -0.2) is 19.0 Å². The van der Waals surface area contributed by atoms with Gasteiger partial charge in [0.05, 0.1) is 14.2 Å². The van der Waals surface area contributed by atoms with Crippen LogP contribution in [0.2, 0.25) is 0 Å². The average molecular weight is 219 g/mol. The van der Waals surface area contributed by atoms with Crippen LogP contribution in [0.5, 0.6) is 17.2 Å². The summed E-state index contributed by atoms with van der Waals surface area (Å²) in [5.41, 5.74) is 0. The number of para-hydroxylation sites is 1. The minimum atomic E-state index is 0.559. The standard InChI is InChI=1S/C12H13NO3/c1-14-10-6-5-7-11(15-2)12(10)16-13-8-3-4-9-13/h3-9H,1-2H3. The van der Waals surface area contributed by atoms with E-state index in [9.17, 15) is 0 Å². The van der Waals surface area contributed by atoms with Crippen LogP contribution in [0.1, 0.15) is 0 Å². The Morgan fingerprint density at radius 2 is 1.44 bits per heavy atom. The van der Waals surface area contributed by atoms with Crippen molar-refractivity contribution >= 4 is 0 Å². The molecule has 0 radical (unpaired) electrons. The first-order chi connectivity index (χ1) is 7.85. The summed E-state index contributed by atoms with van der Waals surface area (Å²) in [5.74, 6) is 1.82. The van der Waals surface area contributed by atoms with Gasteiger partial charge in [-0.3, -0.25) is 0 Å². The van der Waals surface area contributed by atoms with Crippen molar-refractivity contribution in [1.29, 1.82) is 0 Å². The molecular weight excluding hydrogens is 206 g/mol. The van der Waals surface area contributed by atoms with Gasteiger partial charge in [-0.15, -0.1) is 0 Å². The second kappa shape index (κ2) is 4.61. The number of nitrogens with zero attached hydrogens (tertiary/aromatic N) is 1. The van der Waals surface area contributed by atoms with Crippen LogP contribution in [0, 0.1) is 0 Å². The Labute approximate surface area is 93.9 Å². The lowest BCUT2D eigenvalue weighted by Gasteiger charge is -2.13. The Kier molecular flexibility index (Phi) is 3.00. The number of benzene rings is 1. The second-order valence-electron chi connectivity index (χ2n) is 3.13. The Bertz CT molecular complexity index is 429. The smallest absolute Gasteiger partial charge is 0.239 e. The maximum atomic E-state index is 5.63. The quantitative estimate of drug-likeness (QED) is 0.791. The van der Waals surface area contributed by atoms with E-state index in [1.54, 1.807) is 31.3 Å². The summed E-state index contributed by atoms with van der Waals surface area (Å²) in [4.78, 5) is 5.63. The van der Waals surface area contributed by atoms with Crippen molar-refractivity contribution in [2.75, 3.05) is 14.2 Å². The molecule has 2 rings (SSSR count). The van der Waals surface area contributed by atoms with E-state index in [-0.39, 0.29) is 0 Å². The summed E-state index contributed by atoms with van der Waals surface area (Å²) in [7, 11) is 3.19. The molecule has 0 fully saturated rings. The molecule has 1 aromatic heterocycles. The molecule has 2 aromatic rings. The minimum absolute atomic E-state index is 0.559. The van der Waals surface area contributed by atoms with Crippen molar-refractivity contribution in [2.24, 2.45) is 0 Å². The van der Waals surface area contributed by atoms with Gasteiger partial charge in [-0.25, -0.2) is 0 Å². The highest BCUT2D eigenvalue weighted by Crippen LogP contribution is 2.36. The largest absolute Gasteiger partial charge is 0.493 e. The van der Waals surface area contributed by atoms with E-state index < -0.39 is 0 Å². The second-order valence-corrected chi connectivity index (χ2v) is 3.13. The van der Waals surface area contributed by atoms with Crippen molar-refractivity contribution < 1.29 is 14.3 Å². The predicted octanol–water partition coefficient (Wildman–Crippen LogP) is 2.35. The van der Waals surface area contributed by atoms with Gasteiger partial charge >= 0.3 is 0 Å². The van der Waals surface area contributed by atoms with Crippen LogP contribution in [-0.2, 0) is 0 Å². The van der Waals surface area contributed by atoms with Gasteiger partial charge in [0.1, 0.15) is 0 Å². The van der Waals surface area contributed by atoms with E-state index >= 15 is 0 Å². The lowest BCUT2D eigenvalue weighted by atomic mass is 10.3. The van der Waals surface area contributed by atoms with Crippen molar-refractivity contribution in [1.82, 2.24) is 4.73 Å². The van der Waals surface area contributed by atoms with Gasteiger partial charge in [0.15, 0.2) is 11.5 Å². The Morgan fingerprint density at radius 3 is 1.94 bits per heavy atom. The molecule has 1 aromatic carbocycles. The molecule has 0 aliphatic heterocycles. The Balaban J connectivity index is 2.37. The number of methoxy groups -OCH3 is 2. The maximum absolute atomic E-state index is 5.63. The third-order valence-corrected chi connectivity index (χ3v) is 2.16.